The lowest BCUT2D eigenvalue weighted by Gasteiger charge is -2.21. The van der Waals surface area contributed by atoms with Crippen molar-refractivity contribution >= 4 is 17.4 Å². The van der Waals surface area contributed by atoms with Crippen molar-refractivity contribution in [2.24, 2.45) is 0 Å². The van der Waals surface area contributed by atoms with Crippen LogP contribution in [0.1, 0.15) is 24.7 Å². The monoisotopic (exact) mass is 381 g/mol. The summed E-state index contributed by atoms with van der Waals surface area (Å²) in [6.07, 6.45) is 10.7. The summed E-state index contributed by atoms with van der Waals surface area (Å²) in [5.74, 6) is 0.0849. The predicted octanol–water partition coefficient (Wildman–Crippen LogP) is 0.887. The first-order chi connectivity index (χ1) is 13.5. The number of nitrogens with two attached hydrogens (primary N) is 1. The molecule has 0 radical (unpaired) electrons. The molecule has 2 aliphatic rings. The van der Waals surface area contributed by atoms with Gasteiger partial charge in [-0.15, -0.1) is 0 Å². The highest BCUT2D eigenvalue weighted by Gasteiger charge is 2.28. The highest BCUT2D eigenvalue weighted by molar-refractivity contribution is 5.98. The van der Waals surface area contributed by atoms with E-state index in [-0.39, 0.29) is 18.0 Å². The Hall–Kier alpha value is -3.13. The van der Waals surface area contributed by atoms with E-state index in [2.05, 4.69) is 30.8 Å². The summed E-state index contributed by atoms with van der Waals surface area (Å²) in [5.41, 5.74) is 9.89. The fourth-order valence-electron chi connectivity index (χ4n) is 3.00. The molecule has 0 saturated carbocycles. The molecule has 8 heteroatoms. The number of nitrogen functional groups attached to an aromatic ring is 1. The normalized spacial score (nSPS) is 18.1. The van der Waals surface area contributed by atoms with Crippen LogP contribution in [0.2, 0.25) is 0 Å². The molecule has 148 valence electrons. The molecule has 2 aliphatic heterocycles. The van der Waals surface area contributed by atoms with E-state index in [0.717, 1.165) is 41.9 Å². The Morgan fingerprint density at radius 3 is 2.86 bits per heavy atom. The fraction of sp³-hybridized carbons (Fsp3) is 0.350. The molecular weight excluding hydrogens is 354 g/mol. The second-order valence-corrected chi connectivity index (χ2v) is 6.95. The standard InChI is InChI=1S/C20H27N7O/c1-4-14-10-17(26-20(21)25-14)16-12-24-18-15(16)9-13(11-23-18)19(28)22-7-5-6-8-27(2)3/h5,7,9-12,18,23-24H,4,6,8H2,1-3H3,(H,22,28)(H2,21,25,26)/b7-5-. The predicted molar refractivity (Wildman–Crippen MR) is 110 cm³/mol. The Balaban J connectivity index is 1.72. The number of hydrogen-bond acceptors (Lipinski definition) is 7. The zero-order valence-electron chi connectivity index (χ0n) is 16.5. The number of nitrogens with one attached hydrogen (secondary N) is 3. The summed E-state index contributed by atoms with van der Waals surface area (Å²) in [4.78, 5) is 23.2. The summed E-state index contributed by atoms with van der Waals surface area (Å²) in [6.45, 7) is 2.96. The molecule has 28 heavy (non-hydrogen) atoms. The van der Waals surface area contributed by atoms with Crippen molar-refractivity contribution in [3.8, 4) is 0 Å². The number of carbonyl (C=O) groups excluding carboxylic acids is 1. The molecule has 0 saturated heterocycles. The Morgan fingerprint density at radius 1 is 1.32 bits per heavy atom. The summed E-state index contributed by atoms with van der Waals surface area (Å²) in [7, 11) is 4.03. The number of anilines is 1. The van der Waals surface area contributed by atoms with Gasteiger partial charge in [-0.25, -0.2) is 9.97 Å². The molecule has 1 atom stereocenters. The van der Waals surface area contributed by atoms with Crippen molar-refractivity contribution in [3.63, 3.8) is 0 Å². The lowest BCUT2D eigenvalue weighted by Crippen LogP contribution is -2.38. The van der Waals surface area contributed by atoms with E-state index in [1.165, 1.54) is 0 Å². The van der Waals surface area contributed by atoms with Gasteiger partial charge in [0.1, 0.15) is 6.17 Å². The summed E-state index contributed by atoms with van der Waals surface area (Å²) in [6, 6.07) is 1.93. The minimum atomic E-state index is -0.165. The van der Waals surface area contributed by atoms with E-state index in [9.17, 15) is 4.79 Å². The van der Waals surface area contributed by atoms with Crippen LogP contribution in [0.4, 0.5) is 5.95 Å². The van der Waals surface area contributed by atoms with Gasteiger partial charge in [-0.05, 0) is 39.1 Å². The molecule has 3 rings (SSSR count). The molecule has 0 spiro atoms. The molecule has 0 bridgehead atoms. The molecule has 1 amide bonds. The zero-order valence-corrected chi connectivity index (χ0v) is 16.5. The van der Waals surface area contributed by atoms with Gasteiger partial charge in [0.15, 0.2) is 0 Å². The van der Waals surface area contributed by atoms with E-state index in [0.29, 0.717) is 5.57 Å². The minimum absolute atomic E-state index is 0.0940. The van der Waals surface area contributed by atoms with E-state index in [1.807, 2.05) is 45.4 Å². The van der Waals surface area contributed by atoms with Gasteiger partial charge in [0.2, 0.25) is 5.95 Å². The maximum absolute atomic E-state index is 12.5. The topological polar surface area (TPSA) is 108 Å². The first kappa shape index (κ1) is 19.6. The summed E-state index contributed by atoms with van der Waals surface area (Å²) in [5, 5.41) is 9.28. The third-order valence-corrected chi connectivity index (χ3v) is 4.50. The van der Waals surface area contributed by atoms with Crippen LogP contribution in [0.15, 0.2) is 48.0 Å². The Morgan fingerprint density at radius 2 is 2.11 bits per heavy atom. The SMILES string of the molecule is CCc1cc(C2=CNC3NC=C(C(=O)N/C=C\CCN(C)C)C=C23)nc(N)n1. The van der Waals surface area contributed by atoms with Crippen molar-refractivity contribution in [1.82, 2.24) is 30.8 Å². The third kappa shape index (κ3) is 4.58. The van der Waals surface area contributed by atoms with Crippen LogP contribution >= 0.6 is 0 Å². The number of dihydropyridines is 1. The highest BCUT2D eigenvalue weighted by Crippen LogP contribution is 2.31. The minimum Gasteiger partial charge on any atom is -0.368 e. The summed E-state index contributed by atoms with van der Waals surface area (Å²) >= 11 is 0. The van der Waals surface area contributed by atoms with Crippen molar-refractivity contribution in [1.29, 1.82) is 0 Å². The zero-order chi connectivity index (χ0) is 20.1. The fourth-order valence-corrected chi connectivity index (χ4v) is 3.00. The van der Waals surface area contributed by atoms with Gasteiger partial charge in [-0.2, -0.15) is 0 Å². The van der Waals surface area contributed by atoms with E-state index in [4.69, 9.17) is 5.73 Å². The molecule has 1 aromatic rings. The molecule has 8 nitrogen and oxygen atoms in total. The van der Waals surface area contributed by atoms with E-state index < -0.39 is 0 Å². The van der Waals surface area contributed by atoms with Gasteiger partial charge >= 0.3 is 0 Å². The maximum Gasteiger partial charge on any atom is 0.256 e. The average Bonchev–Trinajstić information content (AvgIpc) is 3.10. The molecule has 0 aliphatic carbocycles. The third-order valence-electron chi connectivity index (χ3n) is 4.50. The second kappa shape index (κ2) is 8.71. The van der Waals surface area contributed by atoms with Gasteiger partial charge < -0.3 is 26.6 Å². The number of amides is 1. The van der Waals surface area contributed by atoms with Crippen LogP contribution in [-0.2, 0) is 11.2 Å². The van der Waals surface area contributed by atoms with Crippen molar-refractivity contribution < 1.29 is 4.79 Å². The Kier molecular flexibility index (Phi) is 6.10. The molecule has 0 fully saturated rings. The first-order valence-corrected chi connectivity index (χ1v) is 9.36. The van der Waals surface area contributed by atoms with Crippen molar-refractivity contribution in [3.05, 3.63) is 59.4 Å². The van der Waals surface area contributed by atoms with E-state index in [1.54, 1.807) is 12.4 Å². The van der Waals surface area contributed by atoms with E-state index >= 15 is 0 Å². The largest absolute Gasteiger partial charge is 0.368 e. The van der Waals surface area contributed by atoms with Gasteiger partial charge in [-0.1, -0.05) is 13.0 Å². The molecule has 5 N–H and O–H groups in total. The molecule has 1 unspecified atom stereocenters. The number of hydrogen-bond donors (Lipinski definition) is 4. The van der Waals surface area contributed by atoms with Crippen LogP contribution in [0.25, 0.3) is 5.57 Å². The van der Waals surface area contributed by atoms with Crippen LogP contribution < -0.4 is 21.7 Å². The van der Waals surface area contributed by atoms with Gasteiger partial charge in [0.25, 0.3) is 5.91 Å². The molecular formula is C20H27N7O. The first-order valence-electron chi connectivity index (χ1n) is 9.36. The number of aromatic nitrogens is 2. The van der Waals surface area contributed by atoms with Gasteiger partial charge in [-0.3, -0.25) is 4.79 Å². The Labute approximate surface area is 165 Å². The van der Waals surface area contributed by atoms with Gasteiger partial charge in [0.05, 0.1) is 11.3 Å². The maximum atomic E-state index is 12.5. The van der Waals surface area contributed by atoms with Crippen LogP contribution in [-0.4, -0.2) is 47.6 Å². The van der Waals surface area contributed by atoms with Crippen LogP contribution in [0.3, 0.4) is 0 Å². The second-order valence-electron chi connectivity index (χ2n) is 6.95. The van der Waals surface area contributed by atoms with Crippen molar-refractivity contribution in [2.45, 2.75) is 25.9 Å². The van der Waals surface area contributed by atoms with Crippen LogP contribution in [0.5, 0.6) is 0 Å². The van der Waals surface area contributed by atoms with Gasteiger partial charge in [0, 0.05) is 42.0 Å². The van der Waals surface area contributed by atoms with Crippen LogP contribution in [0, 0.1) is 0 Å². The average molecular weight is 381 g/mol. The molecule has 3 heterocycles. The molecule has 1 aromatic heterocycles. The number of fused-ring (bicyclic) bond motifs is 1. The number of carbonyl (C=O) groups is 1. The van der Waals surface area contributed by atoms with Crippen molar-refractivity contribution in [2.75, 3.05) is 26.4 Å². The summed E-state index contributed by atoms with van der Waals surface area (Å²) < 4.78 is 0. The number of aryl methyl sites for hydroxylation is 1. The lowest BCUT2D eigenvalue weighted by molar-refractivity contribution is -0.116. The number of nitrogens with zero attached hydrogens (tertiary/aromatic N) is 3. The highest BCUT2D eigenvalue weighted by atomic mass is 16.1. The smallest absolute Gasteiger partial charge is 0.256 e. The molecule has 0 aromatic carbocycles. The Bertz CT molecular complexity index is 867. The quantitative estimate of drug-likeness (QED) is 0.555. The lowest BCUT2D eigenvalue weighted by atomic mass is 9.98. The number of rotatable bonds is 7.